The molecule has 4 heteroatoms. The van der Waals surface area contributed by atoms with Crippen molar-refractivity contribution in [1.29, 1.82) is 0 Å². The van der Waals surface area contributed by atoms with Crippen LogP contribution in [0.5, 0.6) is 5.75 Å². The van der Waals surface area contributed by atoms with Gasteiger partial charge in [0.05, 0.1) is 13.2 Å². The molecule has 4 nitrogen and oxygen atoms in total. The molecule has 27 heavy (non-hydrogen) atoms. The molecule has 1 aliphatic rings. The van der Waals surface area contributed by atoms with Gasteiger partial charge in [-0.05, 0) is 67.6 Å². The van der Waals surface area contributed by atoms with Crippen molar-refractivity contribution in [3.8, 4) is 5.75 Å². The molecule has 1 saturated heterocycles. The maximum absolute atomic E-state index is 12.5. The first-order chi connectivity index (χ1) is 13.0. The molecule has 1 aliphatic heterocycles. The predicted molar refractivity (Wildman–Crippen MR) is 109 cm³/mol. The number of hydrogen-bond donors (Lipinski definition) is 1. The Morgan fingerprint density at radius 2 is 1.89 bits per heavy atom. The molecule has 0 aromatic heterocycles. The SMILES string of the molecule is COc1ccc([C@H](C)NC(=O)c2ccc(CN3CCC[C@@H](C)C3)cc2)cc1. The van der Waals surface area contributed by atoms with Crippen LogP contribution in [0.3, 0.4) is 0 Å². The van der Waals surface area contributed by atoms with E-state index >= 15 is 0 Å². The maximum atomic E-state index is 12.5. The van der Waals surface area contributed by atoms with Crippen molar-refractivity contribution in [3.63, 3.8) is 0 Å². The van der Waals surface area contributed by atoms with E-state index in [2.05, 4.69) is 29.3 Å². The Bertz CT molecular complexity index is 740. The monoisotopic (exact) mass is 366 g/mol. The third-order valence-electron chi connectivity index (χ3n) is 5.33. The fourth-order valence-corrected chi connectivity index (χ4v) is 3.71. The summed E-state index contributed by atoms with van der Waals surface area (Å²) in [6, 6.07) is 15.7. The molecule has 1 heterocycles. The van der Waals surface area contributed by atoms with Crippen LogP contribution < -0.4 is 10.1 Å². The topological polar surface area (TPSA) is 41.6 Å². The first kappa shape index (κ1) is 19.4. The molecule has 0 unspecified atom stereocenters. The Morgan fingerprint density at radius 3 is 2.52 bits per heavy atom. The van der Waals surface area contributed by atoms with Gasteiger partial charge in [-0.2, -0.15) is 0 Å². The molecule has 1 amide bonds. The lowest BCUT2D eigenvalue weighted by Crippen LogP contribution is -2.33. The molecule has 1 N–H and O–H groups in total. The van der Waals surface area contributed by atoms with E-state index in [9.17, 15) is 4.79 Å². The molecule has 0 bridgehead atoms. The fraction of sp³-hybridized carbons (Fsp3) is 0.435. The average Bonchev–Trinajstić information content (AvgIpc) is 2.68. The van der Waals surface area contributed by atoms with Crippen LogP contribution in [-0.2, 0) is 6.54 Å². The van der Waals surface area contributed by atoms with Crippen molar-refractivity contribution >= 4 is 5.91 Å². The number of rotatable bonds is 6. The summed E-state index contributed by atoms with van der Waals surface area (Å²) in [7, 11) is 1.65. The van der Waals surface area contributed by atoms with E-state index in [0.717, 1.165) is 23.8 Å². The molecule has 1 fully saturated rings. The van der Waals surface area contributed by atoms with E-state index in [-0.39, 0.29) is 11.9 Å². The van der Waals surface area contributed by atoms with E-state index in [1.54, 1.807) is 7.11 Å². The van der Waals surface area contributed by atoms with E-state index in [0.29, 0.717) is 5.56 Å². The summed E-state index contributed by atoms with van der Waals surface area (Å²) in [5.74, 6) is 1.55. The van der Waals surface area contributed by atoms with Crippen LogP contribution in [-0.4, -0.2) is 31.0 Å². The van der Waals surface area contributed by atoms with E-state index in [1.165, 1.54) is 31.5 Å². The van der Waals surface area contributed by atoms with Gasteiger partial charge in [-0.1, -0.05) is 31.2 Å². The Balaban J connectivity index is 1.56. The van der Waals surface area contributed by atoms with Gasteiger partial charge in [0.25, 0.3) is 5.91 Å². The minimum atomic E-state index is -0.0575. The molecule has 0 aliphatic carbocycles. The number of hydrogen-bond acceptors (Lipinski definition) is 3. The number of carbonyl (C=O) groups excluding carboxylic acids is 1. The summed E-state index contributed by atoms with van der Waals surface area (Å²) >= 11 is 0. The van der Waals surface area contributed by atoms with Gasteiger partial charge in [0.15, 0.2) is 0 Å². The van der Waals surface area contributed by atoms with E-state index < -0.39 is 0 Å². The van der Waals surface area contributed by atoms with Crippen molar-refractivity contribution in [2.45, 2.75) is 39.3 Å². The average molecular weight is 367 g/mol. The molecule has 2 aromatic rings. The highest BCUT2D eigenvalue weighted by molar-refractivity contribution is 5.94. The Kier molecular flexibility index (Phi) is 6.51. The molecular formula is C23H30N2O2. The molecule has 144 valence electrons. The van der Waals surface area contributed by atoms with Gasteiger partial charge in [-0.3, -0.25) is 9.69 Å². The normalized spacial score (nSPS) is 18.7. The number of nitrogens with one attached hydrogen (secondary N) is 1. The maximum Gasteiger partial charge on any atom is 0.251 e. The zero-order chi connectivity index (χ0) is 19.2. The van der Waals surface area contributed by atoms with E-state index in [1.807, 2.05) is 43.3 Å². The molecule has 2 atom stereocenters. The van der Waals surface area contributed by atoms with Crippen LogP contribution in [0.15, 0.2) is 48.5 Å². The van der Waals surface area contributed by atoms with Crippen molar-refractivity contribution in [2.75, 3.05) is 20.2 Å². The lowest BCUT2D eigenvalue weighted by Gasteiger charge is -2.30. The summed E-state index contributed by atoms with van der Waals surface area (Å²) in [5.41, 5.74) is 3.02. The highest BCUT2D eigenvalue weighted by Crippen LogP contribution is 2.19. The molecule has 2 aromatic carbocycles. The first-order valence-corrected chi connectivity index (χ1v) is 9.81. The third-order valence-corrected chi connectivity index (χ3v) is 5.33. The molecular weight excluding hydrogens is 336 g/mol. The Hall–Kier alpha value is -2.33. The molecule has 0 saturated carbocycles. The number of carbonyl (C=O) groups is 1. The van der Waals surface area contributed by atoms with Gasteiger partial charge in [0, 0.05) is 18.7 Å². The first-order valence-electron chi connectivity index (χ1n) is 9.81. The van der Waals surface area contributed by atoms with Gasteiger partial charge in [0.1, 0.15) is 5.75 Å². The van der Waals surface area contributed by atoms with Gasteiger partial charge < -0.3 is 10.1 Å². The van der Waals surface area contributed by atoms with Gasteiger partial charge in [0.2, 0.25) is 0 Å². The standard InChI is InChI=1S/C23H30N2O2/c1-17-5-4-14-25(15-17)16-19-6-8-21(9-7-19)23(26)24-18(2)20-10-12-22(27-3)13-11-20/h6-13,17-18H,4-5,14-16H2,1-3H3,(H,24,26)/t17-,18+/m1/s1. The number of ether oxygens (including phenoxy) is 1. The summed E-state index contributed by atoms with van der Waals surface area (Å²) < 4.78 is 5.18. The summed E-state index contributed by atoms with van der Waals surface area (Å²) in [4.78, 5) is 15.1. The third kappa shape index (κ3) is 5.33. The number of piperidine rings is 1. The minimum absolute atomic E-state index is 0.0449. The van der Waals surface area contributed by atoms with Gasteiger partial charge in [-0.15, -0.1) is 0 Å². The fourth-order valence-electron chi connectivity index (χ4n) is 3.71. The second kappa shape index (κ2) is 9.05. The Morgan fingerprint density at radius 1 is 1.19 bits per heavy atom. The smallest absolute Gasteiger partial charge is 0.251 e. The zero-order valence-electron chi connectivity index (χ0n) is 16.6. The second-order valence-electron chi connectivity index (χ2n) is 7.65. The van der Waals surface area contributed by atoms with Gasteiger partial charge >= 0.3 is 0 Å². The van der Waals surface area contributed by atoms with E-state index in [4.69, 9.17) is 4.74 Å². The lowest BCUT2D eigenvalue weighted by atomic mass is 9.99. The van der Waals surface area contributed by atoms with Crippen molar-refractivity contribution in [3.05, 3.63) is 65.2 Å². The summed E-state index contributed by atoms with van der Waals surface area (Å²) in [5, 5.41) is 3.07. The number of amides is 1. The predicted octanol–water partition coefficient (Wildman–Crippen LogP) is 4.42. The van der Waals surface area contributed by atoms with Crippen LogP contribution in [0, 0.1) is 5.92 Å². The van der Waals surface area contributed by atoms with Crippen molar-refractivity contribution in [1.82, 2.24) is 10.2 Å². The quantitative estimate of drug-likeness (QED) is 0.823. The van der Waals surface area contributed by atoms with Crippen molar-refractivity contribution in [2.24, 2.45) is 5.92 Å². The van der Waals surface area contributed by atoms with Crippen molar-refractivity contribution < 1.29 is 9.53 Å². The van der Waals surface area contributed by atoms with Crippen LogP contribution in [0.4, 0.5) is 0 Å². The van der Waals surface area contributed by atoms with Crippen LogP contribution in [0.1, 0.15) is 54.2 Å². The summed E-state index contributed by atoms with van der Waals surface area (Å²) in [6.07, 6.45) is 2.62. The highest BCUT2D eigenvalue weighted by atomic mass is 16.5. The van der Waals surface area contributed by atoms with Crippen LogP contribution in [0.2, 0.25) is 0 Å². The number of methoxy groups -OCH3 is 1. The highest BCUT2D eigenvalue weighted by Gasteiger charge is 2.16. The number of likely N-dealkylation sites (tertiary alicyclic amines) is 1. The zero-order valence-corrected chi connectivity index (χ0v) is 16.6. The minimum Gasteiger partial charge on any atom is -0.497 e. The van der Waals surface area contributed by atoms with Crippen LogP contribution >= 0.6 is 0 Å². The lowest BCUT2D eigenvalue weighted by molar-refractivity contribution is 0.0940. The number of benzene rings is 2. The van der Waals surface area contributed by atoms with Gasteiger partial charge in [-0.25, -0.2) is 0 Å². The second-order valence-corrected chi connectivity index (χ2v) is 7.65. The molecule has 0 radical (unpaired) electrons. The number of nitrogens with zero attached hydrogens (tertiary/aromatic N) is 1. The van der Waals surface area contributed by atoms with Crippen LogP contribution in [0.25, 0.3) is 0 Å². The Labute approximate surface area is 162 Å². The molecule has 3 rings (SSSR count). The molecule has 0 spiro atoms. The largest absolute Gasteiger partial charge is 0.497 e. The summed E-state index contributed by atoms with van der Waals surface area (Å²) in [6.45, 7) is 7.62.